The molecule has 2 aromatic heterocycles. The van der Waals surface area contributed by atoms with E-state index in [1.54, 1.807) is 9.36 Å². The van der Waals surface area contributed by atoms with Gasteiger partial charge in [0.15, 0.2) is 5.82 Å². The van der Waals surface area contributed by atoms with Crippen molar-refractivity contribution in [3.8, 4) is 5.75 Å². The van der Waals surface area contributed by atoms with E-state index in [0.29, 0.717) is 31.8 Å². The Morgan fingerprint density at radius 3 is 2.81 bits per heavy atom. The number of carbonyl (C=O) groups is 1. The Morgan fingerprint density at radius 1 is 1.27 bits per heavy atom. The van der Waals surface area contributed by atoms with E-state index in [9.17, 15) is 4.79 Å². The molecule has 0 saturated heterocycles. The number of carbonyl (C=O) groups excluding carboxylic acids is 1. The van der Waals surface area contributed by atoms with Crippen molar-refractivity contribution in [2.75, 3.05) is 5.32 Å². The fourth-order valence-corrected chi connectivity index (χ4v) is 2.42. The normalized spacial score (nSPS) is 10.7. The number of nitrogens with one attached hydrogen (secondary N) is 1. The van der Waals surface area contributed by atoms with E-state index in [1.165, 1.54) is 0 Å². The highest BCUT2D eigenvalue weighted by Crippen LogP contribution is 2.11. The maximum absolute atomic E-state index is 12.0. The molecule has 1 aromatic carbocycles. The van der Waals surface area contributed by atoms with Crippen LogP contribution in [0.3, 0.4) is 0 Å². The first-order chi connectivity index (χ1) is 12.6. The Bertz CT molecular complexity index is 836. The van der Waals surface area contributed by atoms with Crippen LogP contribution in [0.1, 0.15) is 24.2 Å². The molecule has 0 atom stereocenters. The van der Waals surface area contributed by atoms with E-state index in [4.69, 9.17) is 4.74 Å². The number of hydrogen-bond donors (Lipinski definition) is 1. The number of rotatable bonds is 8. The standard InChI is InChI=1S/C18H22N6O2/c1-14-11-17(21-23(14)2)19-18(25)9-6-10-24-12-15(20-22-24)13-26-16-7-4-3-5-8-16/h3-5,7-8,11-12H,6,9-10,13H2,1-2H3,(H,19,21,25). The first-order valence-corrected chi connectivity index (χ1v) is 8.47. The lowest BCUT2D eigenvalue weighted by Crippen LogP contribution is -2.13. The first kappa shape index (κ1) is 17.7. The van der Waals surface area contributed by atoms with Gasteiger partial charge in [0.2, 0.25) is 5.91 Å². The maximum Gasteiger partial charge on any atom is 0.225 e. The molecule has 1 amide bonds. The van der Waals surface area contributed by atoms with Gasteiger partial charge in [0.1, 0.15) is 18.1 Å². The monoisotopic (exact) mass is 354 g/mol. The van der Waals surface area contributed by atoms with Crippen LogP contribution in [0.25, 0.3) is 0 Å². The topological polar surface area (TPSA) is 86.9 Å². The zero-order valence-corrected chi connectivity index (χ0v) is 14.9. The van der Waals surface area contributed by atoms with Crippen LogP contribution in [0.5, 0.6) is 5.75 Å². The summed E-state index contributed by atoms with van der Waals surface area (Å²) in [6, 6.07) is 11.4. The number of anilines is 1. The molecule has 0 aliphatic carbocycles. The van der Waals surface area contributed by atoms with Crippen molar-refractivity contribution in [2.45, 2.75) is 32.9 Å². The fourth-order valence-electron chi connectivity index (χ4n) is 2.42. The van der Waals surface area contributed by atoms with Crippen LogP contribution < -0.4 is 10.1 Å². The molecule has 136 valence electrons. The minimum absolute atomic E-state index is 0.0594. The summed E-state index contributed by atoms with van der Waals surface area (Å²) >= 11 is 0. The molecule has 0 aliphatic heterocycles. The average molecular weight is 354 g/mol. The Kier molecular flexibility index (Phi) is 5.62. The van der Waals surface area contributed by atoms with E-state index >= 15 is 0 Å². The van der Waals surface area contributed by atoms with Crippen molar-refractivity contribution >= 4 is 11.7 Å². The van der Waals surface area contributed by atoms with Gasteiger partial charge >= 0.3 is 0 Å². The smallest absolute Gasteiger partial charge is 0.225 e. The van der Waals surface area contributed by atoms with Crippen LogP contribution in [0.2, 0.25) is 0 Å². The molecule has 2 heterocycles. The van der Waals surface area contributed by atoms with Gasteiger partial charge in [0.25, 0.3) is 0 Å². The van der Waals surface area contributed by atoms with Gasteiger partial charge in [-0.15, -0.1) is 5.10 Å². The summed E-state index contributed by atoms with van der Waals surface area (Å²) in [5.41, 5.74) is 1.75. The SMILES string of the molecule is Cc1cc(NC(=O)CCCn2cc(COc3ccccc3)nn2)nn1C. The largest absolute Gasteiger partial charge is 0.487 e. The predicted molar refractivity (Wildman–Crippen MR) is 96.6 cm³/mol. The lowest BCUT2D eigenvalue weighted by atomic mass is 10.3. The minimum Gasteiger partial charge on any atom is -0.487 e. The second kappa shape index (κ2) is 8.28. The highest BCUT2D eigenvalue weighted by atomic mass is 16.5. The summed E-state index contributed by atoms with van der Waals surface area (Å²) < 4.78 is 9.09. The van der Waals surface area contributed by atoms with Gasteiger partial charge in [-0.3, -0.25) is 14.2 Å². The van der Waals surface area contributed by atoms with Crippen molar-refractivity contribution < 1.29 is 9.53 Å². The van der Waals surface area contributed by atoms with Crippen LogP contribution in [0.15, 0.2) is 42.6 Å². The molecule has 0 fully saturated rings. The second-order valence-corrected chi connectivity index (χ2v) is 6.02. The Morgan fingerprint density at radius 2 is 2.08 bits per heavy atom. The number of aryl methyl sites for hydroxylation is 3. The summed E-state index contributed by atoms with van der Waals surface area (Å²) in [4.78, 5) is 12.0. The zero-order chi connectivity index (χ0) is 18.4. The van der Waals surface area contributed by atoms with Crippen molar-refractivity contribution in [3.05, 3.63) is 54.0 Å². The summed E-state index contributed by atoms with van der Waals surface area (Å²) in [5.74, 6) is 1.32. The fraction of sp³-hybridized carbons (Fsp3) is 0.333. The summed E-state index contributed by atoms with van der Waals surface area (Å²) in [6.07, 6.45) is 2.90. The lowest BCUT2D eigenvalue weighted by Gasteiger charge is -2.03. The zero-order valence-electron chi connectivity index (χ0n) is 14.9. The molecule has 0 radical (unpaired) electrons. The van der Waals surface area contributed by atoms with Gasteiger partial charge in [0.05, 0.1) is 6.20 Å². The molecule has 1 N–H and O–H groups in total. The third-order valence-electron chi connectivity index (χ3n) is 3.89. The molecular weight excluding hydrogens is 332 g/mol. The van der Waals surface area contributed by atoms with Crippen molar-refractivity contribution in [3.63, 3.8) is 0 Å². The van der Waals surface area contributed by atoms with Gasteiger partial charge in [-0.25, -0.2) is 0 Å². The highest BCUT2D eigenvalue weighted by Gasteiger charge is 2.07. The van der Waals surface area contributed by atoms with E-state index < -0.39 is 0 Å². The number of aromatic nitrogens is 5. The highest BCUT2D eigenvalue weighted by molar-refractivity contribution is 5.89. The molecular formula is C18H22N6O2. The summed E-state index contributed by atoms with van der Waals surface area (Å²) in [7, 11) is 1.84. The number of benzene rings is 1. The third-order valence-corrected chi connectivity index (χ3v) is 3.89. The van der Waals surface area contributed by atoms with E-state index in [1.807, 2.05) is 56.6 Å². The first-order valence-electron chi connectivity index (χ1n) is 8.47. The van der Waals surface area contributed by atoms with Crippen LogP contribution in [0.4, 0.5) is 5.82 Å². The van der Waals surface area contributed by atoms with Crippen molar-refractivity contribution in [1.29, 1.82) is 0 Å². The molecule has 0 saturated carbocycles. The molecule has 0 bridgehead atoms. The molecule has 0 unspecified atom stereocenters. The molecule has 26 heavy (non-hydrogen) atoms. The van der Waals surface area contributed by atoms with Crippen LogP contribution in [-0.4, -0.2) is 30.7 Å². The number of nitrogens with zero attached hydrogens (tertiary/aromatic N) is 5. The molecule has 8 heteroatoms. The lowest BCUT2D eigenvalue weighted by molar-refractivity contribution is -0.116. The summed E-state index contributed by atoms with van der Waals surface area (Å²) in [5, 5.41) is 15.2. The predicted octanol–water partition coefficient (Wildman–Crippen LogP) is 2.32. The van der Waals surface area contributed by atoms with Gasteiger partial charge in [-0.2, -0.15) is 5.10 Å². The molecule has 3 aromatic rings. The Balaban J connectivity index is 1.39. The van der Waals surface area contributed by atoms with Crippen LogP contribution in [0, 0.1) is 6.92 Å². The van der Waals surface area contributed by atoms with Gasteiger partial charge in [0, 0.05) is 31.8 Å². The van der Waals surface area contributed by atoms with E-state index in [2.05, 4.69) is 20.7 Å². The van der Waals surface area contributed by atoms with E-state index in [0.717, 1.165) is 17.1 Å². The summed E-state index contributed by atoms with van der Waals surface area (Å²) in [6.45, 7) is 2.92. The number of hydrogen-bond acceptors (Lipinski definition) is 5. The van der Waals surface area contributed by atoms with Gasteiger partial charge in [-0.05, 0) is 25.5 Å². The van der Waals surface area contributed by atoms with Gasteiger partial charge in [-0.1, -0.05) is 23.4 Å². The van der Waals surface area contributed by atoms with Crippen molar-refractivity contribution in [1.82, 2.24) is 24.8 Å². The van der Waals surface area contributed by atoms with Crippen LogP contribution >= 0.6 is 0 Å². The maximum atomic E-state index is 12.0. The molecule has 3 rings (SSSR count). The molecule has 0 aliphatic rings. The van der Waals surface area contributed by atoms with Crippen molar-refractivity contribution in [2.24, 2.45) is 7.05 Å². The number of ether oxygens (including phenoxy) is 1. The Labute approximate surface area is 151 Å². The Hall–Kier alpha value is -3.16. The molecule has 0 spiro atoms. The third kappa shape index (κ3) is 4.92. The second-order valence-electron chi connectivity index (χ2n) is 6.02. The average Bonchev–Trinajstić information content (AvgIpc) is 3.20. The minimum atomic E-state index is -0.0594. The number of amides is 1. The quantitative estimate of drug-likeness (QED) is 0.671. The van der Waals surface area contributed by atoms with Crippen LogP contribution in [-0.2, 0) is 25.0 Å². The molecule has 8 nitrogen and oxygen atoms in total. The van der Waals surface area contributed by atoms with Gasteiger partial charge < -0.3 is 10.1 Å². The van der Waals surface area contributed by atoms with E-state index in [-0.39, 0.29) is 5.91 Å². The number of para-hydroxylation sites is 1.